The molecule has 0 bridgehead atoms. The zero-order chi connectivity index (χ0) is 19.4. The van der Waals surface area contributed by atoms with Gasteiger partial charge in [-0.05, 0) is 43.5 Å². The summed E-state index contributed by atoms with van der Waals surface area (Å²) in [5.41, 5.74) is 0.316. The molecule has 9 heteroatoms. The van der Waals surface area contributed by atoms with Crippen molar-refractivity contribution >= 4 is 21.9 Å². The molecule has 27 heavy (non-hydrogen) atoms. The molecule has 1 N–H and O–H groups in total. The van der Waals surface area contributed by atoms with E-state index in [1.165, 1.54) is 24.3 Å². The van der Waals surface area contributed by atoms with Crippen LogP contribution >= 0.6 is 0 Å². The van der Waals surface area contributed by atoms with E-state index in [-0.39, 0.29) is 17.0 Å². The first-order valence-electron chi connectivity index (χ1n) is 9.21. The zero-order valence-electron chi connectivity index (χ0n) is 15.5. The molecule has 1 fully saturated rings. The van der Waals surface area contributed by atoms with Crippen LogP contribution in [0.15, 0.2) is 33.6 Å². The molecule has 0 unspecified atom stereocenters. The van der Waals surface area contributed by atoms with Gasteiger partial charge in [-0.25, -0.2) is 8.42 Å². The number of nitrogens with one attached hydrogen (secondary N) is 1. The quantitative estimate of drug-likeness (QED) is 0.810. The maximum atomic E-state index is 13.0. The van der Waals surface area contributed by atoms with Crippen LogP contribution in [0.2, 0.25) is 0 Å². The fourth-order valence-corrected chi connectivity index (χ4v) is 5.00. The van der Waals surface area contributed by atoms with Crippen molar-refractivity contribution in [1.29, 1.82) is 0 Å². The summed E-state index contributed by atoms with van der Waals surface area (Å²) < 4.78 is 32.8. The molecule has 1 aliphatic heterocycles. The molecular formula is C18H24N4O4S. The van der Waals surface area contributed by atoms with E-state index >= 15 is 0 Å². The topological polar surface area (TPSA) is 105 Å². The van der Waals surface area contributed by atoms with E-state index in [1.54, 1.807) is 4.31 Å². The molecule has 2 aromatic rings. The zero-order valence-corrected chi connectivity index (χ0v) is 16.3. The maximum absolute atomic E-state index is 13.0. The number of amides is 1. The molecule has 1 saturated heterocycles. The Labute approximate surface area is 159 Å². The van der Waals surface area contributed by atoms with E-state index in [0.29, 0.717) is 24.4 Å². The van der Waals surface area contributed by atoms with Crippen LogP contribution in [0.25, 0.3) is 0 Å². The molecule has 146 valence electrons. The number of piperidine rings is 1. The molecule has 3 rings (SSSR count). The smallest absolute Gasteiger partial charge is 0.322 e. The van der Waals surface area contributed by atoms with Gasteiger partial charge in [0.15, 0.2) is 0 Å². The first-order valence-corrected chi connectivity index (χ1v) is 10.6. The number of hydrogen-bond donors (Lipinski definition) is 1. The first-order chi connectivity index (χ1) is 13.0. The third-order valence-corrected chi connectivity index (χ3v) is 6.72. The highest BCUT2D eigenvalue weighted by molar-refractivity contribution is 7.89. The molecular weight excluding hydrogens is 368 g/mol. The Balaban J connectivity index is 1.74. The van der Waals surface area contributed by atoms with Crippen molar-refractivity contribution < 1.29 is 17.6 Å². The van der Waals surface area contributed by atoms with E-state index < -0.39 is 15.9 Å². The van der Waals surface area contributed by atoms with Crippen molar-refractivity contribution in [3.8, 4) is 0 Å². The fourth-order valence-electron chi connectivity index (χ4n) is 3.23. The largest absolute Gasteiger partial charge is 0.408 e. The molecule has 0 aliphatic carbocycles. The Morgan fingerprint density at radius 3 is 2.59 bits per heavy atom. The Bertz CT molecular complexity index is 892. The Morgan fingerprint density at radius 2 is 1.96 bits per heavy atom. The third kappa shape index (κ3) is 4.19. The summed E-state index contributed by atoms with van der Waals surface area (Å²) in [5.74, 6) is -0.00610. The van der Waals surface area contributed by atoms with Crippen LogP contribution in [0, 0.1) is 0 Å². The standard InChI is InChI=1S/C18H24N4O4S/c1-3-14-7-5-6-12-22(14)27(24,25)15-10-8-13(9-11-15)17(23)19-18-21-20-16(4-2)26-18/h8-11,14H,3-7,12H2,1-2H3,(H,19,21,23)/t14-/m1/s1. The number of carbonyl (C=O) groups is 1. The van der Waals surface area contributed by atoms with Gasteiger partial charge in [-0.3, -0.25) is 10.1 Å². The van der Waals surface area contributed by atoms with Crippen LogP contribution in [-0.4, -0.2) is 41.4 Å². The van der Waals surface area contributed by atoms with E-state index in [2.05, 4.69) is 15.5 Å². The highest BCUT2D eigenvalue weighted by atomic mass is 32.2. The summed E-state index contributed by atoms with van der Waals surface area (Å²) in [6, 6.07) is 5.98. The predicted molar refractivity (Wildman–Crippen MR) is 99.9 cm³/mol. The van der Waals surface area contributed by atoms with Crippen LogP contribution in [0.1, 0.15) is 55.8 Å². The normalized spacial score (nSPS) is 18.4. The number of aryl methyl sites for hydroxylation is 1. The van der Waals surface area contributed by atoms with E-state index in [1.807, 2.05) is 13.8 Å². The number of hydrogen-bond acceptors (Lipinski definition) is 6. The second-order valence-corrected chi connectivity index (χ2v) is 8.40. The molecule has 2 heterocycles. The van der Waals surface area contributed by atoms with Crippen LogP contribution < -0.4 is 5.32 Å². The minimum absolute atomic E-state index is 0.0210. The second-order valence-electron chi connectivity index (χ2n) is 6.51. The van der Waals surface area contributed by atoms with Crippen molar-refractivity contribution in [1.82, 2.24) is 14.5 Å². The number of nitrogens with zero attached hydrogens (tertiary/aromatic N) is 3. The lowest BCUT2D eigenvalue weighted by Gasteiger charge is -2.34. The molecule has 0 saturated carbocycles. The molecule has 1 amide bonds. The van der Waals surface area contributed by atoms with Gasteiger partial charge in [0.1, 0.15) is 0 Å². The van der Waals surface area contributed by atoms with Crippen LogP contribution in [0.5, 0.6) is 0 Å². The lowest BCUT2D eigenvalue weighted by atomic mass is 10.0. The molecule has 1 atom stereocenters. The Hall–Kier alpha value is -2.26. The molecule has 0 radical (unpaired) electrons. The second kappa shape index (κ2) is 8.18. The summed E-state index contributed by atoms with van der Waals surface area (Å²) in [4.78, 5) is 12.5. The molecule has 1 aromatic heterocycles. The Morgan fingerprint density at radius 1 is 1.22 bits per heavy atom. The highest BCUT2D eigenvalue weighted by Gasteiger charge is 2.32. The number of anilines is 1. The van der Waals surface area contributed by atoms with Crippen LogP contribution in [0.4, 0.5) is 6.01 Å². The highest BCUT2D eigenvalue weighted by Crippen LogP contribution is 2.27. The Kier molecular flexibility index (Phi) is 5.91. The monoisotopic (exact) mass is 392 g/mol. The first kappa shape index (κ1) is 19.5. The van der Waals surface area contributed by atoms with Crippen molar-refractivity contribution in [2.75, 3.05) is 11.9 Å². The number of aromatic nitrogens is 2. The summed E-state index contributed by atoms with van der Waals surface area (Å²) in [6.07, 6.45) is 4.19. The van der Waals surface area contributed by atoms with Gasteiger partial charge >= 0.3 is 6.01 Å². The average Bonchev–Trinajstić information content (AvgIpc) is 3.15. The van der Waals surface area contributed by atoms with Gasteiger partial charge in [0.05, 0.1) is 4.90 Å². The van der Waals surface area contributed by atoms with E-state index in [0.717, 1.165) is 25.7 Å². The molecule has 0 spiro atoms. The average molecular weight is 392 g/mol. The summed E-state index contributed by atoms with van der Waals surface area (Å²) in [6.45, 7) is 4.41. The van der Waals surface area contributed by atoms with Gasteiger partial charge in [0.25, 0.3) is 5.91 Å². The lowest BCUT2D eigenvalue weighted by Crippen LogP contribution is -2.43. The SMILES string of the molecule is CCc1nnc(NC(=O)c2ccc(S(=O)(=O)N3CCCC[C@H]3CC)cc2)o1. The van der Waals surface area contributed by atoms with Crippen LogP contribution in [-0.2, 0) is 16.4 Å². The number of carbonyl (C=O) groups excluding carboxylic acids is 1. The van der Waals surface area contributed by atoms with Crippen molar-refractivity contribution in [3.05, 3.63) is 35.7 Å². The lowest BCUT2D eigenvalue weighted by molar-refractivity contribution is 0.102. The van der Waals surface area contributed by atoms with Crippen molar-refractivity contribution in [2.45, 2.75) is 56.9 Å². The number of benzene rings is 1. The molecule has 8 nitrogen and oxygen atoms in total. The number of sulfonamides is 1. The molecule has 1 aromatic carbocycles. The van der Waals surface area contributed by atoms with Crippen molar-refractivity contribution in [2.24, 2.45) is 0 Å². The molecule has 1 aliphatic rings. The predicted octanol–water partition coefficient (Wildman–Crippen LogP) is 2.84. The summed E-state index contributed by atoms with van der Waals surface area (Å²) >= 11 is 0. The number of rotatable bonds is 6. The van der Waals surface area contributed by atoms with E-state index in [4.69, 9.17) is 4.42 Å². The van der Waals surface area contributed by atoms with Gasteiger partial charge in [0.2, 0.25) is 15.9 Å². The maximum Gasteiger partial charge on any atom is 0.322 e. The summed E-state index contributed by atoms with van der Waals surface area (Å²) in [5, 5.41) is 10.0. The van der Waals surface area contributed by atoms with Gasteiger partial charge < -0.3 is 4.42 Å². The van der Waals surface area contributed by atoms with Gasteiger partial charge in [0, 0.05) is 24.6 Å². The fraction of sp³-hybridized carbons (Fsp3) is 0.500. The minimum Gasteiger partial charge on any atom is -0.408 e. The van der Waals surface area contributed by atoms with Crippen LogP contribution in [0.3, 0.4) is 0 Å². The third-order valence-electron chi connectivity index (χ3n) is 4.76. The summed E-state index contributed by atoms with van der Waals surface area (Å²) in [7, 11) is -3.56. The van der Waals surface area contributed by atoms with Gasteiger partial charge in [-0.2, -0.15) is 4.31 Å². The van der Waals surface area contributed by atoms with Gasteiger partial charge in [-0.1, -0.05) is 25.4 Å². The van der Waals surface area contributed by atoms with Crippen molar-refractivity contribution in [3.63, 3.8) is 0 Å². The van der Waals surface area contributed by atoms with Gasteiger partial charge in [-0.15, -0.1) is 5.10 Å². The van der Waals surface area contributed by atoms with E-state index in [9.17, 15) is 13.2 Å². The minimum atomic E-state index is -3.56.